The Bertz CT molecular complexity index is 907. The number of hydrogen-bond acceptors (Lipinski definition) is 3. The van der Waals surface area contributed by atoms with Crippen LogP contribution in [0.1, 0.15) is 10.5 Å². The van der Waals surface area contributed by atoms with Gasteiger partial charge in [-0.25, -0.2) is 0 Å². The van der Waals surface area contributed by atoms with Crippen molar-refractivity contribution in [3.8, 4) is 5.69 Å². The van der Waals surface area contributed by atoms with Crippen molar-refractivity contribution in [1.29, 1.82) is 0 Å². The fourth-order valence-corrected chi connectivity index (χ4v) is 2.59. The first-order valence-corrected chi connectivity index (χ1v) is 7.94. The van der Waals surface area contributed by atoms with Crippen LogP contribution in [0.4, 0.5) is 5.69 Å². The van der Waals surface area contributed by atoms with Crippen molar-refractivity contribution in [3.05, 3.63) is 86.3 Å². The predicted molar refractivity (Wildman–Crippen MR) is 96.9 cm³/mol. The van der Waals surface area contributed by atoms with Crippen LogP contribution in [0.5, 0.6) is 0 Å². The first-order chi connectivity index (χ1) is 11.1. The molecule has 3 rings (SSSR count). The van der Waals surface area contributed by atoms with Crippen molar-refractivity contribution in [2.45, 2.75) is 0 Å². The van der Waals surface area contributed by atoms with Crippen molar-refractivity contribution >= 4 is 34.2 Å². The molecule has 0 atom stereocenters. The highest BCUT2D eigenvalue weighted by Gasteiger charge is 2.11. The summed E-state index contributed by atoms with van der Waals surface area (Å²) in [7, 11) is 0. The molecule has 1 amide bonds. The van der Waals surface area contributed by atoms with Gasteiger partial charge in [0.15, 0.2) is 0 Å². The highest BCUT2D eigenvalue weighted by Crippen LogP contribution is 2.13. The normalized spacial score (nSPS) is 10.3. The molecule has 0 aliphatic heterocycles. The van der Waals surface area contributed by atoms with E-state index in [9.17, 15) is 9.59 Å². The van der Waals surface area contributed by atoms with Crippen LogP contribution in [0, 0.1) is 3.57 Å². The second-order valence-electron chi connectivity index (χ2n) is 4.77. The summed E-state index contributed by atoms with van der Waals surface area (Å²) in [6, 6.07) is 19.2. The molecule has 2 aromatic carbocycles. The molecule has 6 heteroatoms. The van der Waals surface area contributed by atoms with Gasteiger partial charge in [-0.3, -0.25) is 9.59 Å². The maximum Gasteiger partial charge on any atom is 0.276 e. The first kappa shape index (κ1) is 15.4. The number of anilines is 1. The van der Waals surface area contributed by atoms with E-state index >= 15 is 0 Å². The summed E-state index contributed by atoms with van der Waals surface area (Å²) in [4.78, 5) is 24.3. The first-order valence-electron chi connectivity index (χ1n) is 6.86. The Morgan fingerprint density at radius 3 is 2.52 bits per heavy atom. The zero-order valence-electron chi connectivity index (χ0n) is 11.9. The average Bonchev–Trinajstić information content (AvgIpc) is 2.56. The SMILES string of the molecule is O=C(Nc1cccc(I)c1)c1ccc(=O)n(-c2ccccc2)n1. The molecule has 0 saturated heterocycles. The molecule has 0 saturated carbocycles. The van der Waals surface area contributed by atoms with Gasteiger partial charge in [0.25, 0.3) is 11.5 Å². The van der Waals surface area contributed by atoms with E-state index in [4.69, 9.17) is 0 Å². The third-order valence-electron chi connectivity index (χ3n) is 3.12. The Balaban J connectivity index is 1.92. The Morgan fingerprint density at radius 2 is 1.78 bits per heavy atom. The second-order valence-corrected chi connectivity index (χ2v) is 6.01. The van der Waals surface area contributed by atoms with E-state index in [1.807, 2.05) is 36.4 Å². The molecule has 0 aliphatic rings. The standard InChI is InChI=1S/C17H12IN3O2/c18-12-5-4-6-13(11-12)19-17(23)15-9-10-16(22)21(20-15)14-7-2-1-3-8-14/h1-11H,(H,19,23). The number of aromatic nitrogens is 2. The minimum absolute atomic E-state index is 0.173. The maximum atomic E-state index is 12.3. The minimum Gasteiger partial charge on any atom is -0.321 e. The Morgan fingerprint density at radius 1 is 1.00 bits per heavy atom. The van der Waals surface area contributed by atoms with E-state index < -0.39 is 0 Å². The van der Waals surface area contributed by atoms with Gasteiger partial charge in [-0.15, -0.1) is 0 Å². The summed E-state index contributed by atoms with van der Waals surface area (Å²) in [6.07, 6.45) is 0. The van der Waals surface area contributed by atoms with Crippen LogP contribution in [0.15, 0.2) is 71.5 Å². The van der Waals surface area contributed by atoms with E-state index in [1.54, 1.807) is 18.2 Å². The van der Waals surface area contributed by atoms with Gasteiger partial charge in [0.1, 0.15) is 5.69 Å². The van der Waals surface area contributed by atoms with Gasteiger partial charge in [0, 0.05) is 15.3 Å². The molecule has 5 nitrogen and oxygen atoms in total. The smallest absolute Gasteiger partial charge is 0.276 e. The molecule has 0 fully saturated rings. The van der Waals surface area contributed by atoms with Gasteiger partial charge in [-0.2, -0.15) is 9.78 Å². The number of rotatable bonds is 3. The molecule has 0 spiro atoms. The highest BCUT2D eigenvalue weighted by molar-refractivity contribution is 14.1. The van der Waals surface area contributed by atoms with Crippen molar-refractivity contribution in [2.24, 2.45) is 0 Å². The van der Waals surface area contributed by atoms with Crippen molar-refractivity contribution in [3.63, 3.8) is 0 Å². The van der Waals surface area contributed by atoms with Crippen LogP contribution in [0.2, 0.25) is 0 Å². The number of nitrogens with zero attached hydrogens (tertiary/aromatic N) is 2. The molecule has 114 valence electrons. The van der Waals surface area contributed by atoms with E-state index in [2.05, 4.69) is 33.0 Å². The molecule has 0 unspecified atom stereocenters. The fourth-order valence-electron chi connectivity index (χ4n) is 2.05. The Hall–Kier alpha value is -2.48. The van der Waals surface area contributed by atoms with Crippen LogP contribution in [-0.4, -0.2) is 15.7 Å². The summed E-state index contributed by atoms with van der Waals surface area (Å²) >= 11 is 2.17. The lowest BCUT2D eigenvalue weighted by atomic mass is 10.3. The molecular weight excluding hydrogens is 405 g/mol. The topological polar surface area (TPSA) is 64.0 Å². The highest BCUT2D eigenvalue weighted by atomic mass is 127. The third-order valence-corrected chi connectivity index (χ3v) is 3.79. The van der Waals surface area contributed by atoms with Crippen molar-refractivity contribution in [2.75, 3.05) is 5.32 Å². The molecule has 1 N–H and O–H groups in total. The number of para-hydroxylation sites is 1. The molecule has 1 aromatic heterocycles. The number of carbonyl (C=O) groups is 1. The van der Waals surface area contributed by atoms with Gasteiger partial charge in [0.05, 0.1) is 5.69 Å². The monoisotopic (exact) mass is 417 g/mol. The Labute approximate surface area is 146 Å². The average molecular weight is 417 g/mol. The summed E-state index contributed by atoms with van der Waals surface area (Å²) in [5.41, 5.74) is 1.18. The summed E-state index contributed by atoms with van der Waals surface area (Å²) in [6.45, 7) is 0. The summed E-state index contributed by atoms with van der Waals surface area (Å²) in [5.74, 6) is -0.364. The number of nitrogens with one attached hydrogen (secondary N) is 1. The van der Waals surface area contributed by atoms with Gasteiger partial charge < -0.3 is 5.32 Å². The zero-order valence-corrected chi connectivity index (χ0v) is 14.1. The van der Waals surface area contributed by atoms with Gasteiger partial charge >= 0.3 is 0 Å². The number of hydrogen-bond donors (Lipinski definition) is 1. The van der Waals surface area contributed by atoms with Crippen LogP contribution in [0.25, 0.3) is 5.69 Å². The molecule has 0 aliphatic carbocycles. The van der Waals surface area contributed by atoms with Crippen LogP contribution >= 0.6 is 22.6 Å². The lowest BCUT2D eigenvalue weighted by Gasteiger charge is -2.08. The molecule has 0 bridgehead atoms. The van der Waals surface area contributed by atoms with E-state index in [0.29, 0.717) is 11.4 Å². The molecule has 1 heterocycles. The van der Waals surface area contributed by atoms with Crippen LogP contribution in [0.3, 0.4) is 0 Å². The van der Waals surface area contributed by atoms with E-state index in [1.165, 1.54) is 16.8 Å². The van der Waals surface area contributed by atoms with Gasteiger partial charge in [-0.05, 0) is 59.0 Å². The number of amides is 1. The van der Waals surface area contributed by atoms with E-state index in [-0.39, 0.29) is 17.2 Å². The fraction of sp³-hybridized carbons (Fsp3) is 0. The second kappa shape index (κ2) is 6.74. The number of benzene rings is 2. The molecule has 3 aromatic rings. The quantitative estimate of drug-likeness (QED) is 0.667. The largest absolute Gasteiger partial charge is 0.321 e. The Kier molecular flexibility index (Phi) is 4.52. The minimum atomic E-state index is -0.364. The third kappa shape index (κ3) is 3.65. The lowest BCUT2D eigenvalue weighted by molar-refractivity contribution is 0.102. The molecule has 23 heavy (non-hydrogen) atoms. The summed E-state index contributed by atoms with van der Waals surface area (Å²) in [5, 5.41) is 6.93. The van der Waals surface area contributed by atoms with Crippen LogP contribution in [-0.2, 0) is 0 Å². The maximum absolute atomic E-state index is 12.3. The molecule has 0 radical (unpaired) electrons. The van der Waals surface area contributed by atoms with Crippen molar-refractivity contribution < 1.29 is 4.79 Å². The molecular formula is C17H12IN3O2. The van der Waals surface area contributed by atoms with Crippen LogP contribution < -0.4 is 10.9 Å². The van der Waals surface area contributed by atoms with E-state index in [0.717, 1.165) is 3.57 Å². The van der Waals surface area contributed by atoms with Gasteiger partial charge in [0.2, 0.25) is 0 Å². The predicted octanol–water partition coefficient (Wildman–Crippen LogP) is 3.09. The van der Waals surface area contributed by atoms with Gasteiger partial charge in [-0.1, -0.05) is 24.3 Å². The lowest BCUT2D eigenvalue weighted by Crippen LogP contribution is -2.24. The summed E-state index contributed by atoms with van der Waals surface area (Å²) < 4.78 is 2.23. The number of carbonyl (C=O) groups excluding carboxylic acids is 1. The zero-order chi connectivity index (χ0) is 16.2. The van der Waals surface area contributed by atoms with Crippen molar-refractivity contribution in [1.82, 2.24) is 9.78 Å². The number of halogens is 1.